The lowest BCUT2D eigenvalue weighted by Crippen LogP contribution is -2.47. The van der Waals surface area contributed by atoms with E-state index in [4.69, 9.17) is 21.4 Å². The van der Waals surface area contributed by atoms with Gasteiger partial charge in [-0.3, -0.25) is 14.5 Å². The molecular weight excluding hydrogens is 488 g/mol. The number of imide groups is 1. The Bertz CT molecular complexity index is 1490. The van der Waals surface area contributed by atoms with Gasteiger partial charge in [-0.25, -0.2) is 4.68 Å². The summed E-state index contributed by atoms with van der Waals surface area (Å²) in [5, 5.41) is 15.0. The zero-order chi connectivity index (χ0) is 26.1. The molecule has 1 saturated carbocycles. The van der Waals surface area contributed by atoms with Gasteiger partial charge in [-0.05, 0) is 61.7 Å². The van der Waals surface area contributed by atoms with Crippen LogP contribution in [-0.2, 0) is 9.59 Å². The molecular formula is C29H25ClN4O3. The predicted octanol–water partition coefficient (Wildman–Crippen LogP) is 5.74. The van der Waals surface area contributed by atoms with Gasteiger partial charge in [0.2, 0.25) is 0 Å². The monoisotopic (exact) mass is 512 g/mol. The first-order valence-corrected chi connectivity index (χ1v) is 12.5. The molecule has 0 N–H and O–H groups in total. The molecule has 7 nitrogen and oxygen atoms in total. The van der Waals surface area contributed by atoms with Gasteiger partial charge in [0.1, 0.15) is 23.1 Å². The summed E-state index contributed by atoms with van der Waals surface area (Å²) in [4.78, 5) is 28.1. The lowest BCUT2D eigenvalue weighted by Gasteiger charge is -2.32. The highest BCUT2D eigenvalue weighted by molar-refractivity contribution is 6.32. The normalized spacial score (nSPS) is 17.6. The van der Waals surface area contributed by atoms with Crippen molar-refractivity contribution in [3.8, 4) is 28.8 Å². The third-order valence-electron chi connectivity index (χ3n) is 6.95. The third kappa shape index (κ3) is 4.45. The molecule has 0 atom stereocenters. The van der Waals surface area contributed by atoms with Gasteiger partial charge in [0.05, 0.1) is 17.8 Å². The van der Waals surface area contributed by atoms with Crippen LogP contribution in [0.2, 0.25) is 5.02 Å². The molecule has 1 aliphatic carbocycles. The van der Waals surface area contributed by atoms with Crippen molar-refractivity contribution in [1.29, 1.82) is 5.26 Å². The van der Waals surface area contributed by atoms with Gasteiger partial charge in [-0.15, -0.1) is 0 Å². The maximum absolute atomic E-state index is 13.7. The molecule has 0 radical (unpaired) electrons. The van der Waals surface area contributed by atoms with Crippen LogP contribution >= 0.6 is 11.6 Å². The molecule has 5 rings (SSSR count). The highest BCUT2D eigenvalue weighted by atomic mass is 35.5. The smallest absolute Gasteiger partial charge is 0.271 e. The Labute approximate surface area is 220 Å². The number of nitrogens with zero attached hydrogens (tertiary/aromatic N) is 4. The Morgan fingerprint density at radius 2 is 1.84 bits per heavy atom. The SMILES string of the molecule is COc1ccc(-c2nn(-c3ccccc3)cc2/C=C2/C(=O)N(C3CCCC3)C(=O)C(C#N)=C2C)cc1Cl. The number of aromatic nitrogens is 2. The maximum Gasteiger partial charge on any atom is 0.271 e. The summed E-state index contributed by atoms with van der Waals surface area (Å²) in [6.45, 7) is 1.65. The number of carbonyl (C=O) groups excluding carboxylic acids is 2. The average Bonchev–Trinajstić information content (AvgIpc) is 3.58. The molecule has 2 amide bonds. The van der Waals surface area contributed by atoms with Crippen molar-refractivity contribution in [2.24, 2.45) is 0 Å². The Morgan fingerprint density at radius 3 is 2.49 bits per heavy atom. The van der Waals surface area contributed by atoms with E-state index in [2.05, 4.69) is 0 Å². The summed E-state index contributed by atoms with van der Waals surface area (Å²) in [6, 6.07) is 16.8. The molecule has 1 aliphatic heterocycles. The number of hydrogen-bond donors (Lipinski definition) is 0. The van der Waals surface area contributed by atoms with Gasteiger partial charge in [-0.1, -0.05) is 42.6 Å². The highest BCUT2D eigenvalue weighted by Gasteiger charge is 2.40. The zero-order valence-electron chi connectivity index (χ0n) is 20.6. The highest BCUT2D eigenvalue weighted by Crippen LogP contribution is 2.36. The molecule has 0 bridgehead atoms. The molecule has 8 heteroatoms. The fraction of sp³-hybridized carbons (Fsp3) is 0.241. The Morgan fingerprint density at radius 1 is 1.11 bits per heavy atom. The van der Waals surface area contributed by atoms with Crippen LogP contribution in [0.15, 0.2) is 71.4 Å². The zero-order valence-corrected chi connectivity index (χ0v) is 21.3. The van der Waals surface area contributed by atoms with E-state index in [0.717, 1.165) is 36.9 Å². The number of carbonyl (C=O) groups is 2. The number of rotatable bonds is 5. The molecule has 2 aliphatic rings. The van der Waals surface area contributed by atoms with E-state index in [9.17, 15) is 14.9 Å². The van der Waals surface area contributed by atoms with E-state index in [1.165, 1.54) is 4.90 Å². The minimum atomic E-state index is -0.504. The van der Waals surface area contributed by atoms with E-state index >= 15 is 0 Å². The summed E-state index contributed by atoms with van der Waals surface area (Å²) in [6.07, 6.45) is 6.98. The fourth-order valence-electron chi connectivity index (χ4n) is 4.99. The standard InChI is InChI=1S/C29H25ClN4O3/c1-18-23(28(35)34(22-10-6-7-11-22)29(36)24(18)16-31)14-20-17-33(21-8-4-3-5-9-21)32-27(20)19-12-13-26(37-2)25(30)15-19/h3-5,8-9,12-15,17,22H,6-7,10-11H2,1-2H3/b23-14+. The van der Waals surface area contributed by atoms with Crippen molar-refractivity contribution in [2.45, 2.75) is 38.6 Å². The average molecular weight is 513 g/mol. The number of ether oxygens (including phenoxy) is 1. The van der Waals surface area contributed by atoms with Crippen molar-refractivity contribution >= 4 is 29.5 Å². The van der Waals surface area contributed by atoms with Crippen LogP contribution in [0, 0.1) is 11.3 Å². The summed E-state index contributed by atoms with van der Waals surface area (Å²) in [5.41, 5.74) is 3.53. The van der Waals surface area contributed by atoms with Crippen molar-refractivity contribution in [3.63, 3.8) is 0 Å². The van der Waals surface area contributed by atoms with Gasteiger partial charge >= 0.3 is 0 Å². The first kappa shape index (κ1) is 24.5. The molecule has 1 fully saturated rings. The van der Waals surface area contributed by atoms with E-state index in [0.29, 0.717) is 33.2 Å². The summed E-state index contributed by atoms with van der Waals surface area (Å²) in [7, 11) is 1.55. The number of amides is 2. The second-order valence-electron chi connectivity index (χ2n) is 9.15. The number of nitriles is 1. The Kier molecular flexibility index (Phi) is 6.68. The molecule has 0 saturated heterocycles. The summed E-state index contributed by atoms with van der Waals surface area (Å²) < 4.78 is 7.03. The predicted molar refractivity (Wildman–Crippen MR) is 141 cm³/mol. The topological polar surface area (TPSA) is 88.2 Å². The van der Waals surface area contributed by atoms with Crippen molar-refractivity contribution < 1.29 is 14.3 Å². The minimum Gasteiger partial charge on any atom is -0.495 e. The van der Waals surface area contributed by atoms with E-state index in [1.54, 1.807) is 36.9 Å². The second-order valence-corrected chi connectivity index (χ2v) is 9.56. The molecule has 0 unspecified atom stereocenters. The number of benzene rings is 2. The third-order valence-corrected chi connectivity index (χ3v) is 7.25. The van der Waals surface area contributed by atoms with E-state index < -0.39 is 5.91 Å². The van der Waals surface area contributed by atoms with Gasteiger partial charge in [0, 0.05) is 28.9 Å². The number of halogens is 1. The summed E-state index contributed by atoms with van der Waals surface area (Å²) >= 11 is 6.42. The van der Waals surface area contributed by atoms with E-state index in [-0.39, 0.29) is 17.5 Å². The number of para-hydroxylation sites is 1. The van der Waals surface area contributed by atoms with Crippen LogP contribution in [0.3, 0.4) is 0 Å². The quantitative estimate of drug-likeness (QED) is 0.321. The van der Waals surface area contributed by atoms with Crippen molar-refractivity contribution in [1.82, 2.24) is 14.7 Å². The van der Waals surface area contributed by atoms with Crippen LogP contribution in [0.25, 0.3) is 23.0 Å². The van der Waals surface area contributed by atoms with Gasteiger partial charge in [-0.2, -0.15) is 10.4 Å². The molecule has 2 heterocycles. The van der Waals surface area contributed by atoms with Crippen LogP contribution < -0.4 is 4.74 Å². The Balaban J connectivity index is 1.69. The lowest BCUT2D eigenvalue weighted by molar-refractivity contribution is -0.143. The molecule has 186 valence electrons. The van der Waals surface area contributed by atoms with Crippen molar-refractivity contribution in [3.05, 3.63) is 82.0 Å². The Hall–Kier alpha value is -4.15. The number of hydrogen-bond acceptors (Lipinski definition) is 5. The summed E-state index contributed by atoms with van der Waals surface area (Å²) in [5.74, 6) is -0.339. The van der Waals surface area contributed by atoms with Gasteiger partial charge in [0.25, 0.3) is 11.8 Å². The van der Waals surface area contributed by atoms with Crippen LogP contribution in [-0.4, -0.2) is 39.6 Å². The van der Waals surface area contributed by atoms with Crippen LogP contribution in [0.1, 0.15) is 38.2 Å². The number of methoxy groups -OCH3 is 1. The van der Waals surface area contributed by atoms with Gasteiger partial charge in [0.15, 0.2) is 0 Å². The maximum atomic E-state index is 13.7. The van der Waals surface area contributed by atoms with Gasteiger partial charge < -0.3 is 4.74 Å². The van der Waals surface area contributed by atoms with Crippen molar-refractivity contribution in [2.75, 3.05) is 7.11 Å². The molecule has 3 aromatic rings. The lowest BCUT2D eigenvalue weighted by atomic mass is 9.92. The molecule has 1 aromatic heterocycles. The fourth-order valence-corrected chi connectivity index (χ4v) is 5.25. The largest absolute Gasteiger partial charge is 0.495 e. The molecule has 2 aromatic carbocycles. The second kappa shape index (κ2) is 10.1. The van der Waals surface area contributed by atoms with Crippen LogP contribution in [0.5, 0.6) is 5.75 Å². The minimum absolute atomic E-state index is 0.00208. The molecule has 37 heavy (non-hydrogen) atoms. The van der Waals surface area contributed by atoms with Crippen LogP contribution in [0.4, 0.5) is 0 Å². The first-order chi connectivity index (χ1) is 17.9. The molecule has 0 spiro atoms. The van der Waals surface area contributed by atoms with E-state index in [1.807, 2.05) is 48.7 Å². The first-order valence-electron chi connectivity index (χ1n) is 12.1.